The highest BCUT2D eigenvalue weighted by Crippen LogP contribution is 2.22. The monoisotopic (exact) mass is 444 g/mol. The summed E-state index contributed by atoms with van der Waals surface area (Å²) in [7, 11) is 3.23. The number of rotatable bonds is 9. The zero-order valence-corrected chi connectivity index (χ0v) is 18.4. The van der Waals surface area contributed by atoms with Gasteiger partial charge in [-0.05, 0) is 54.1 Å². The molecule has 0 aliphatic carbocycles. The van der Waals surface area contributed by atoms with Gasteiger partial charge in [-0.15, -0.1) is 5.10 Å². The Bertz CT molecular complexity index is 1190. The van der Waals surface area contributed by atoms with Gasteiger partial charge in [-0.25, -0.2) is 0 Å². The normalized spacial score (nSPS) is 10.5. The molecule has 3 aromatic carbocycles. The zero-order chi connectivity index (χ0) is 23.0. The molecule has 0 bridgehead atoms. The molecule has 4 rings (SSSR count). The van der Waals surface area contributed by atoms with Gasteiger partial charge < -0.3 is 19.5 Å². The summed E-state index contributed by atoms with van der Waals surface area (Å²) in [5.41, 5.74) is 1.77. The first kappa shape index (κ1) is 21.9. The lowest BCUT2D eigenvalue weighted by Crippen LogP contribution is -2.22. The molecule has 0 spiro atoms. The standard InChI is InChI=1S/C25H24N4O4/c1-31-20-12-8-18(9-13-20)16-26-25-27-24(19-10-14-21(32-2)15-11-19)28-29(25)23(30)17-33-22-6-4-3-5-7-22/h3-15H,16-17H2,1-2H3,(H,26,27,28). The molecule has 0 amide bonds. The van der Waals surface area contributed by atoms with Gasteiger partial charge in [0.2, 0.25) is 5.95 Å². The van der Waals surface area contributed by atoms with Crippen LogP contribution in [-0.4, -0.2) is 41.5 Å². The fourth-order valence-corrected chi connectivity index (χ4v) is 3.11. The van der Waals surface area contributed by atoms with E-state index in [4.69, 9.17) is 14.2 Å². The molecule has 4 aromatic rings. The van der Waals surface area contributed by atoms with E-state index in [2.05, 4.69) is 15.4 Å². The predicted molar refractivity (Wildman–Crippen MR) is 125 cm³/mol. The van der Waals surface area contributed by atoms with Crippen molar-refractivity contribution in [1.29, 1.82) is 0 Å². The summed E-state index contributed by atoms with van der Waals surface area (Å²) in [6, 6.07) is 24.1. The van der Waals surface area contributed by atoms with Gasteiger partial charge in [0, 0.05) is 12.1 Å². The summed E-state index contributed by atoms with van der Waals surface area (Å²) < 4.78 is 17.3. The molecule has 0 fully saturated rings. The van der Waals surface area contributed by atoms with Crippen molar-refractivity contribution >= 4 is 11.9 Å². The van der Waals surface area contributed by atoms with E-state index < -0.39 is 0 Å². The van der Waals surface area contributed by atoms with Gasteiger partial charge >= 0.3 is 0 Å². The SMILES string of the molecule is COc1ccc(CNc2nc(-c3ccc(OC)cc3)nn2C(=O)COc2ccccc2)cc1. The number of hydrogen-bond donors (Lipinski definition) is 1. The molecule has 0 radical (unpaired) electrons. The fraction of sp³-hybridized carbons (Fsp3) is 0.160. The van der Waals surface area contributed by atoms with Crippen LogP contribution in [0.5, 0.6) is 17.2 Å². The minimum atomic E-state index is -0.344. The van der Waals surface area contributed by atoms with Gasteiger partial charge in [0.15, 0.2) is 12.4 Å². The van der Waals surface area contributed by atoms with Gasteiger partial charge in [0.25, 0.3) is 5.91 Å². The van der Waals surface area contributed by atoms with Gasteiger partial charge in [0.1, 0.15) is 17.2 Å². The Morgan fingerprint density at radius 3 is 2.12 bits per heavy atom. The van der Waals surface area contributed by atoms with Crippen molar-refractivity contribution in [3.8, 4) is 28.6 Å². The Kier molecular flexibility index (Phi) is 6.84. The van der Waals surface area contributed by atoms with Gasteiger partial charge in [-0.3, -0.25) is 4.79 Å². The van der Waals surface area contributed by atoms with Gasteiger partial charge in [-0.1, -0.05) is 30.3 Å². The molecule has 33 heavy (non-hydrogen) atoms. The maximum absolute atomic E-state index is 12.9. The second-order valence-electron chi connectivity index (χ2n) is 7.10. The van der Waals surface area contributed by atoms with Crippen LogP contribution in [0.1, 0.15) is 10.4 Å². The number of ether oxygens (including phenoxy) is 3. The first-order valence-corrected chi connectivity index (χ1v) is 10.4. The number of nitrogens with zero attached hydrogens (tertiary/aromatic N) is 3. The molecule has 1 N–H and O–H groups in total. The fourth-order valence-electron chi connectivity index (χ4n) is 3.11. The summed E-state index contributed by atoms with van der Waals surface area (Å²) in [6.07, 6.45) is 0. The minimum absolute atomic E-state index is 0.174. The average molecular weight is 444 g/mol. The number of hydrogen-bond acceptors (Lipinski definition) is 7. The molecule has 8 nitrogen and oxygen atoms in total. The van der Waals surface area contributed by atoms with E-state index in [-0.39, 0.29) is 12.5 Å². The molecule has 0 unspecified atom stereocenters. The first-order chi connectivity index (χ1) is 16.2. The lowest BCUT2D eigenvalue weighted by molar-refractivity contribution is 0.0824. The van der Waals surface area contributed by atoms with Gasteiger partial charge in [-0.2, -0.15) is 9.67 Å². The third kappa shape index (κ3) is 5.48. The number of carbonyl (C=O) groups excluding carboxylic acids is 1. The summed E-state index contributed by atoms with van der Waals surface area (Å²) in [5, 5.41) is 7.65. The van der Waals surface area contributed by atoms with E-state index in [1.165, 1.54) is 4.68 Å². The van der Waals surface area contributed by atoms with Crippen LogP contribution in [0.4, 0.5) is 5.95 Å². The Labute approximate surface area is 191 Å². The quantitative estimate of drug-likeness (QED) is 0.412. The topological polar surface area (TPSA) is 87.5 Å². The van der Waals surface area contributed by atoms with Crippen molar-refractivity contribution < 1.29 is 19.0 Å². The van der Waals surface area contributed by atoms with Crippen LogP contribution in [0, 0.1) is 0 Å². The van der Waals surface area contributed by atoms with Crippen LogP contribution >= 0.6 is 0 Å². The molecular weight excluding hydrogens is 420 g/mol. The van der Waals surface area contributed by atoms with Crippen molar-refractivity contribution in [2.45, 2.75) is 6.54 Å². The van der Waals surface area contributed by atoms with Crippen molar-refractivity contribution in [2.24, 2.45) is 0 Å². The highest BCUT2D eigenvalue weighted by Gasteiger charge is 2.18. The molecule has 0 atom stereocenters. The summed E-state index contributed by atoms with van der Waals surface area (Å²) in [6.45, 7) is 0.282. The number of methoxy groups -OCH3 is 2. The zero-order valence-electron chi connectivity index (χ0n) is 18.4. The van der Waals surface area contributed by atoms with E-state index in [9.17, 15) is 4.79 Å². The largest absolute Gasteiger partial charge is 0.497 e. The number of nitrogens with one attached hydrogen (secondary N) is 1. The van der Waals surface area contributed by atoms with E-state index in [0.717, 1.165) is 22.6 Å². The number of carbonyl (C=O) groups is 1. The van der Waals surface area contributed by atoms with Crippen molar-refractivity contribution in [3.63, 3.8) is 0 Å². The molecule has 1 heterocycles. The lowest BCUT2D eigenvalue weighted by atomic mass is 10.2. The number of para-hydroxylation sites is 1. The Hall–Kier alpha value is -4.33. The maximum Gasteiger partial charge on any atom is 0.287 e. The molecule has 168 valence electrons. The van der Waals surface area contributed by atoms with Crippen LogP contribution in [0.3, 0.4) is 0 Å². The van der Waals surface area contributed by atoms with Crippen LogP contribution < -0.4 is 19.5 Å². The minimum Gasteiger partial charge on any atom is -0.497 e. The van der Waals surface area contributed by atoms with Crippen LogP contribution in [0.25, 0.3) is 11.4 Å². The highest BCUT2D eigenvalue weighted by atomic mass is 16.5. The average Bonchev–Trinajstić information content (AvgIpc) is 3.31. The maximum atomic E-state index is 12.9. The van der Waals surface area contributed by atoms with Crippen LogP contribution in [0.15, 0.2) is 78.9 Å². The molecule has 0 saturated carbocycles. The van der Waals surface area contributed by atoms with E-state index in [1.807, 2.05) is 66.7 Å². The van der Waals surface area contributed by atoms with Crippen molar-refractivity contribution in [3.05, 3.63) is 84.4 Å². The lowest BCUT2D eigenvalue weighted by Gasteiger charge is -2.09. The first-order valence-electron chi connectivity index (χ1n) is 10.4. The van der Waals surface area contributed by atoms with Crippen molar-refractivity contribution in [2.75, 3.05) is 26.1 Å². The van der Waals surface area contributed by atoms with E-state index >= 15 is 0 Å². The van der Waals surface area contributed by atoms with Gasteiger partial charge in [0.05, 0.1) is 14.2 Å². The number of anilines is 1. The van der Waals surface area contributed by atoms with Crippen LogP contribution in [0.2, 0.25) is 0 Å². The Balaban J connectivity index is 1.55. The van der Waals surface area contributed by atoms with Crippen molar-refractivity contribution in [1.82, 2.24) is 14.8 Å². The third-order valence-electron chi connectivity index (χ3n) is 4.91. The Morgan fingerprint density at radius 1 is 0.848 bits per heavy atom. The van der Waals surface area contributed by atoms with Crippen LogP contribution in [-0.2, 0) is 6.54 Å². The highest BCUT2D eigenvalue weighted by molar-refractivity contribution is 5.82. The molecule has 1 aromatic heterocycles. The second-order valence-corrected chi connectivity index (χ2v) is 7.10. The number of benzene rings is 3. The third-order valence-corrected chi connectivity index (χ3v) is 4.91. The molecular formula is C25H24N4O4. The Morgan fingerprint density at radius 2 is 1.48 bits per heavy atom. The summed E-state index contributed by atoms with van der Waals surface area (Å²) >= 11 is 0. The summed E-state index contributed by atoms with van der Waals surface area (Å²) in [5.74, 6) is 2.51. The van der Waals surface area contributed by atoms with E-state index in [1.54, 1.807) is 26.4 Å². The molecule has 0 saturated heterocycles. The molecule has 0 aliphatic rings. The predicted octanol–water partition coefficient (Wildman–Crippen LogP) is 4.29. The second kappa shape index (κ2) is 10.3. The molecule has 0 aliphatic heterocycles. The molecule has 8 heteroatoms. The summed E-state index contributed by atoms with van der Waals surface area (Å²) in [4.78, 5) is 17.5. The number of aromatic nitrogens is 3. The smallest absolute Gasteiger partial charge is 0.287 e. The van der Waals surface area contributed by atoms with E-state index in [0.29, 0.717) is 24.1 Å².